The molecule has 0 unspecified atom stereocenters. The Labute approximate surface area is 229 Å². The van der Waals surface area contributed by atoms with Crippen molar-refractivity contribution in [1.29, 1.82) is 0 Å². The summed E-state index contributed by atoms with van der Waals surface area (Å²) in [6.45, 7) is 1.58. The maximum absolute atomic E-state index is 12.9. The van der Waals surface area contributed by atoms with Crippen LogP contribution in [0.15, 0.2) is 107 Å². The second kappa shape index (κ2) is 11.0. The minimum absolute atomic E-state index is 0.0573. The number of rotatable bonds is 8. The monoisotopic (exact) mass is 589 g/mol. The summed E-state index contributed by atoms with van der Waals surface area (Å²) in [4.78, 5) is 12.8. The Balaban J connectivity index is 1.48. The van der Waals surface area contributed by atoms with E-state index in [0.717, 1.165) is 12.1 Å². The molecule has 0 aliphatic carbocycles. The Morgan fingerprint density at radius 3 is 1.93 bits per heavy atom. The van der Waals surface area contributed by atoms with Gasteiger partial charge in [0.1, 0.15) is 0 Å². The second-order valence-electron chi connectivity index (χ2n) is 8.56. The molecule has 4 aromatic carbocycles. The first-order valence-electron chi connectivity index (χ1n) is 11.6. The molecule has 0 aromatic heterocycles. The zero-order valence-corrected chi connectivity index (χ0v) is 22.4. The average Bonchev–Trinajstić information content (AvgIpc) is 2.90. The first-order valence-corrected chi connectivity index (χ1v) is 14.5. The highest BCUT2D eigenvalue weighted by Gasteiger charge is 2.30. The van der Waals surface area contributed by atoms with Crippen LogP contribution >= 0.6 is 0 Å². The summed E-state index contributed by atoms with van der Waals surface area (Å²) < 4.78 is 94.2. The fourth-order valence-corrected chi connectivity index (χ4v) is 5.88. The van der Waals surface area contributed by atoms with Crippen LogP contribution in [0, 0.1) is 6.92 Å². The van der Waals surface area contributed by atoms with Gasteiger partial charge in [0.05, 0.1) is 21.0 Å². The van der Waals surface area contributed by atoms with E-state index in [1.165, 1.54) is 60.7 Å². The Morgan fingerprint density at radius 2 is 1.27 bits per heavy atom. The van der Waals surface area contributed by atoms with E-state index in [1.807, 2.05) is 0 Å². The number of sulfonamides is 2. The smallest absolute Gasteiger partial charge is 0.322 e. The molecule has 1 amide bonds. The molecule has 0 radical (unpaired) electrons. The predicted molar refractivity (Wildman–Crippen MR) is 145 cm³/mol. The molecule has 0 saturated heterocycles. The third-order valence-corrected chi connectivity index (χ3v) is 8.52. The molecular formula is C27H22F3N3O5S2. The van der Waals surface area contributed by atoms with Gasteiger partial charge in [0, 0.05) is 16.9 Å². The number of hydrogen-bond acceptors (Lipinski definition) is 5. The van der Waals surface area contributed by atoms with E-state index in [2.05, 4.69) is 14.8 Å². The lowest BCUT2D eigenvalue weighted by molar-refractivity contribution is -0.137. The molecule has 0 bridgehead atoms. The fourth-order valence-electron chi connectivity index (χ4n) is 3.68. The normalized spacial score (nSPS) is 12.0. The van der Waals surface area contributed by atoms with Gasteiger partial charge in [-0.1, -0.05) is 30.3 Å². The van der Waals surface area contributed by atoms with Crippen molar-refractivity contribution >= 4 is 43.0 Å². The summed E-state index contributed by atoms with van der Waals surface area (Å²) in [5.41, 5.74) is -0.278. The molecule has 0 aliphatic heterocycles. The van der Waals surface area contributed by atoms with Gasteiger partial charge in [-0.05, 0) is 79.2 Å². The average molecular weight is 590 g/mol. The highest BCUT2D eigenvalue weighted by atomic mass is 32.2. The van der Waals surface area contributed by atoms with Gasteiger partial charge in [0.25, 0.3) is 26.0 Å². The number of benzene rings is 4. The largest absolute Gasteiger partial charge is 0.416 e. The number of alkyl halides is 3. The SMILES string of the molecule is Cc1c(NS(=O)(=O)c2ccccc2)cccc1C(=O)Nc1ccc(S(=O)(=O)Nc2cccc(C(F)(F)F)c2)cc1. The van der Waals surface area contributed by atoms with Crippen LogP contribution in [0.4, 0.5) is 30.2 Å². The van der Waals surface area contributed by atoms with Crippen LogP contribution in [0.1, 0.15) is 21.5 Å². The van der Waals surface area contributed by atoms with E-state index < -0.39 is 37.7 Å². The third-order valence-electron chi connectivity index (χ3n) is 5.74. The van der Waals surface area contributed by atoms with Crippen LogP contribution in [-0.4, -0.2) is 22.7 Å². The molecular weight excluding hydrogens is 567 g/mol. The highest BCUT2D eigenvalue weighted by molar-refractivity contribution is 7.93. The molecule has 4 rings (SSSR count). The quantitative estimate of drug-likeness (QED) is 0.238. The Morgan fingerprint density at radius 1 is 0.675 bits per heavy atom. The van der Waals surface area contributed by atoms with Gasteiger partial charge in [-0.3, -0.25) is 14.2 Å². The summed E-state index contributed by atoms with van der Waals surface area (Å²) >= 11 is 0. The molecule has 0 heterocycles. The van der Waals surface area contributed by atoms with Crippen molar-refractivity contribution in [3.05, 3.63) is 114 Å². The van der Waals surface area contributed by atoms with Crippen molar-refractivity contribution in [1.82, 2.24) is 0 Å². The van der Waals surface area contributed by atoms with E-state index >= 15 is 0 Å². The molecule has 0 saturated carbocycles. The first-order chi connectivity index (χ1) is 18.8. The zero-order valence-electron chi connectivity index (χ0n) is 20.7. The van der Waals surface area contributed by atoms with Gasteiger partial charge in [0.2, 0.25) is 0 Å². The van der Waals surface area contributed by atoms with Crippen molar-refractivity contribution in [3.8, 4) is 0 Å². The summed E-state index contributed by atoms with van der Waals surface area (Å²) in [5, 5.41) is 2.62. The lowest BCUT2D eigenvalue weighted by atomic mass is 10.1. The number of carbonyl (C=O) groups excluding carboxylic acids is 1. The Bertz CT molecular complexity index is 1760. The Kier molecular flexibility index (Phi) is 7.89. The standard InChI is InChI=1S/C27H22F3N3O5S2/c1-18-24(11-6-12-25(18)33-40(37,38)22-9-3-2-4-10-22)26(34)31-20-13-15-23(16-14-20)39(35,36)32-21-8-5-7-19(17-21)27(28,29)30/h2-17,32-33H,1H3,(H,31,34). The predicted octanol–water partition coefficient (Wildman–Crippen LogP) is 5.87. The van der Waals surface area contributed by atoms with E-state index in [-0.39, 0.29) is 32.4 Å². The van der Waals surface area contributed by atoms with Crippen molar-refractivity contribution in [2.24, 2.45) is 0 Å². The minimum Gasteiger partial charge on any atom is -0.322 e. The summed E-state index contributed by atoms with van der Waals surface area (Å²) in [6.07, 6.45) is -4.63. The van der Waals surface area contributed by atoms with Gasteiger partial charge >= 0.3 is 6.18 Å². The minimum atomic E-state index is -4.63. The number of anilines is 3. The second-order valence-corrected chi connectivity index (χ2v) is 11.9. The first kappa shape index (κ1) is 28.6. The summed E-state index contributed by atoms with van der Waals surface area (Å²) in [7, 11) is -8.11. The Hall–Kier alpha value is -4.36. The molecule has 8 nitrogen and oxygen atoms in total. The zero-order chi connectivity index (χ0) is 29.1. The third kappa shape index (κ3) is 6.61. The molecule has 0 spiro atoms. The molecule has 208 valence electrons. The molecule has 0 fully saturated rings. The van der Waals surface area contributed by atoms with E-state index in [4.69, 9.17) is 0 Å². The number of nitrogens with one attached hydrogen (secondary N) is 3. The van der Waals surface area contributed by atoms with Crippen LogP contribution in [0.3, 0.4) is 0 Å². The lowest BCUT2D eigenvalue weighted by Crippen LogP contribution is -2.17. The van der Waals surface area contributed by atoms with Gasteiger partial charge in [-0.2, -0.15) is 13.2 Å². The summed E-state index contributed by atoms with van der Waals surface area (Å²) in [6, 6.07) is 21.1. The molecule has 4 aromatic rings. The van der Waals surface area contributed by atoms with Crippen LogP contribution in [0.25, 0.3) is 0 Å². The highest BCUT2D eigenvalue weighted by Crippen LogP contribution is 2.31. The van der Waals surface area contributed by atoms with Crippen molar-refractivity contribution in [2.45, 2.75) is 22.9 Å². The molecule has 13 heteroatoms. The topological polar surface area (TPSA) is 121 Å². The van der Waals surface area contributed by atoms with Crippen LogP contribution < -0.4 is 14.8 Å². The van der Waals surface area contributed by atoms with Crippen LogP contribution in [-0.2, 0) is 26.2 Å². The van der Waals surface area contributed by atoms with E-state index in [9.17, 15) is 34.8 Å². The van der Waals surface area contributed by atoms with Gasteiger partial charge < -0.3 is 5.32 Å². The van der Waals surface area contributed by atoms with Gasteiger partial charge in [-0.15, -0.1) is 0 Å². The lowest BCUT2D eigenvalue weighted by Gasteiger charge is -2.14. The van der Waals surface area contributed by atoms with Crippen molar-refractivity contribution < 1.29 is 34.8 Å². The number of carbonyl (C=O) groups is 1. The number of hydrogen-bond donors (Lipinski definition) is 3. The van der Waals surface area contributed by atoms with E-state index in [1.54, 1.807) is 25.1 Å². The molecule has 0 aliphatic rings. The van der Waals surface area contributed by atoms with Gasteiger partial charge in [-0.25, -0.2) is 16.8 Å². The number of amides is 1. The van der Waals surface area contributed by atoms with Crippen LogP contribution in [0.5, 0.6) is 0 Å². The van der Waals surface area contributed by atoms with Crippen molar-refractivity contribution in [2.75, 3.05) is 14.8 Å². The molecule has 40 heavy (non-hydrogen) atoms. The van der Waals surface area contributed by atoms with E-state index in [0.29, 0.717) is 11.6 Å². The maximum Gasteiger partial charge on any atom is 0.416 e. The molecule has 0 atom stereocenters. The van der Waals surface area contributed by atoms with Crippen LogP contribution in [0.2, 0.25) is 0 Å². The van der Waals surface area contributed by atoms with Gasteiger partial charge in [0.15, 0.2) is 0 Å². The maximum atomic E-state index is 12.9. The fraction of sp³-hybridized carbons (Fsp3) is 0.0741. The summed E-state index contributed by atoms with van der Waals surface area (Å²) in [5.74, 6) is -0.573. The molecule has 3 N–H and O–H groups in total. The number of halogens is 3. The van der Waals surface area contributed by atoms with Crippen molar-refractivity contribution in [3.63, 3.8) is 0 Å².